The molecule has 2 N–H and O–H groups in total. The van der Waals surface area contributed by atoms with Crippen LogP contribution in [0.1, 0.15) is 63.8 Å². The van der Waals surface area contributed by atoms with Gasteiger partial charge in [0.2, 0.25) is 5.91 Å². The van der Waals surface area contributed by atoms with Crippen molar-refractivity contribution in [3.63, 3.8) is 0 Å². The van der Waals surface area contributed by atoms with E-state index in [-0.39, 0.29) is 23.8 Å². The molecule has 0 radical (unpaired) electrons. The van der Waals surface area contributed by atoms with Crippen molar-refractivity contribution in [3.05, 3.63) is 94.5 Å². The summed E-state index contributed by atoms with van der Waals surface area (Å²) in [6.45, 7) is 5.23. The molecule has 3 aromatic carbocycles. The topological polar surface area (TPSA) is 70.7 Å². The first-order valence-corrected chi connectivity index (χ1v) is 13.3. The maximum absolute atomic E-state index is 13.0. The Hall–Kier alpha value is -3.48. The highest BCUT2D eigenvalue weighted by atomic mass is 16.5. The van der Waals surface area contributed by atoms with Gasteiger partial charge in [-0.3, -0.25) is 14.5 Å². The molecule has 0 aromatic heterocycles. The minimum Gasteiger partial charge on any atom is -0.381 e. The van der Waals surface area contributed by atoms with Crippen molar-refractivity contribution in [2.24, 2.45) is 5.92 Å². The smallest absolute Gasteiger partial charge is 0.256 e. The van der Waals surface area contributed by atoms with Gasteiger partial charge in [0.25, 0.3) is 5.91 Å². The van der Waals surface area contributed by atoms with Gasteiger partial charge < -0.3 is 15.4 Å². The first kappa shape index (κ1) is 23.9. The summed E-state index contributed by atoms with van der Waals surface area (Å²) in [5, 5.41) is 6.20. The number of aryl methyl sites for hydroxylation is 1. The van der Waals surface area contributed by atoms with Crippen LogP contribution in [0.2, 0.25) is 0 Å². The zero-order valence-corrected chi connectivity index (χ0v) is 21.2. The Kier molecular flexibility index (Phi) is 6.53. The van der Waals surface area contributed by atoms with Crippen LogP contribution < -0.4 is 10.6 Å². The van der Waals surface area contributed by atoms with E-state index in [1.54, 1.807) is 0 Å². The molecule has 0 saturated carbocycles. The van der Waals surface area contributed by atoms with Crippen LogP contribution in [0.3, 0.4) is 0 Å². The Bertz CT molecular complexity index is 1320. The predicted octanol–water partition coefficient (Wildman–Crippen LogP) is 5.50. The van der Waals surface area contributed by atoms with Crippen molar-refractivity contribution in [2.75, 3.05) is 36.9 Å². The van der Waals surface area contributed by atoms with Gasteiger partial charge in [-0.2, -0.15) is 0 Å². The van der Waals surface area contributed by atoms with E-state index in [0.717, 1.165) is 60.4 Å². The molecule has 2 amide bonds. The lowest BCUT2D eigenvalue weighted by Crippen LogP contribution is -2.37. The molecule has 3 aliphatic rings. The van der Waals surface area contributed by atoms with Crippen LogP contribution in [0.15, 0.2) is 66.7 Å². The van der Waals surface area contributed by atoms with E-state index in [2.05, 4.69) is 52.8 Å². The highest BCUT2D eigenvalue weighted by Gasteiger charge is 2.34. The number of ether oxygens (including phenoxy) is 1. The molecule has 37 heavy (non-hydrogen) atoms. The molecule has 2 fully saturated rings. The van der Waals surface area contributed by atoms with Crippen LogP contribution in [0, 0.1) is 12.8 Å². The number of para-hydroxylation sites is 1. The van der Waals surface area contributed by atoms with Crippen molar-refractivity contribution >= 4 is 23.2 Å². The molecule has 3 aromatic rings. The van der Waals surface area contributed by atoms with E-state index < -0.39 is 0 Å². The fourth-order valence-electron chi connectivity index (χ4n) is 6.21. The normalized spacial score (nSPS) is 22.0. The Morgan fingerprint density at radius 1 is 0.946 bits per heavy atom. The predicted molar refractivity (Wildman–Crippen MR) is 145 cm³/mol. The number of nitrogens with one attached hydrogen (secondary N) is 2. The minimum atomic E-state index is -0.0472. The van der Waals surface area contributed by atoms with Crippen molar-refractivity contribution in [1.29, 1.82) is 0 Å². The average molecular weight is 496 g/mol. The highest BCUT2D eigenvalue weighted by molar-refractivity contribution is 6.07. The van der Waals surface area contributed by atoms with Gasteiger partial charge in [0.15, 0.2) is 0 Å². The summed E-state index contributed by atoms with van der Waals surface area (Å²) in [6, 6.07) is 22.6. The number of likely N-dealkylation sites (tertiary alicyclic amines) is 1. The van der Waals surface area contributed by atoms with Gasteiger partial charge in [-0.25, -0.2) is 0 Å². The van der Waals surface area contributed by atoms with Crippen LogP contribution >= 0.6 is 0 Å². The second-order valence-corrected chi connectivity index (χ2v) is 10.5. The second kappa shape index (κ2) is 10.1. The molecule has 3 heterocycles. The number of nitrogens with zero attached hydrogens (tertiary/aromatic N) is 1. The van der Waals surface area contributed by atoms with E-state index in [4.69, 9.17) is 4.74 Å². The summed E-state index contributed by atoms with van der Waals surface area (Å²) in [6.07, 6.45) is 2.89. The standard InChI is InChI=1S/C31H33N3O3/c1-20-18-23(32-30(35)22-14-17-37-19-22)10-11-24(20)21-12-15-34(16-13-21)29-25-6-2-3-7-26(25)31(36)33-28-9-5-4-8-27(28)29/h2-11,18,21-22,29H,12-17,19H2,1H3,(H,32,35)(H,33,36). The van der Waals surface area contributed by atoms with E-state index in [9.17, 15) is 9.59 Å². The summed E-state index contributed by atoms with van der Waals surface area (Å²) in [5.41, 5.74) is 7.33. The summed E-state index contributed by atoms with van der Waals surface area (Å²) in [4.78, 5) is 28.0. The summed E-state index contributed by atoms with van der Waals surface area (Å²) >= 11 is 0. The molecule has 0 bridgehead atoms. The number of fused-ring (bicyclic) bond motifs is 2. The monoisotopic (exact) mass is 495 g/mol. The zero-order chi connectivity index (χ0) is 25.4. The second-order valence-electron chi connectivity index (χ2n) is 10.5. The van der Waals surface area contributed by atoms with E-state index >= 15 is 0 Å². The van der Waals surface area contributed by atoms with Gasteiger partial charge in [0.05, 0.1) is 18.6 Å². The number of amides is 2. The van der Waals surface area contributed by atoms with E-state index in [1.807, 2.05) is 36.4 Å². The highest BCUT2D eigenvalue weighted by Crippen LogP contribution is 2.41. The Labute approximate surface area is 218 Å². The van der Waals surface area contributed by atoms with Crippen LogP contribution in [-0.2, 0) is 9.53 Å². The summed E-state index contributed by atoms with van der Waals surface area (Å²) in [5.74, 6) is 0.438. The molecule has 6 heteroatoms. The van der Waals surface area contributed by atoms with Crippen molar-refractivity contribution in [1.82, 2.24) is 4.90 Å². The van der Waals surface area contributed by atoms with Gasteiger partial charge in [-0.1, -0.05) is 42.5 Å². The molecule has 6 nitrogen and oxygen atoms in total. The molecule has 2 unspecified atom stereocenters. The Balaban J connectivity index is 1.19. The first-order chi connectivity index (χ1) is 18.1. The molecule has 190 valence electrons. The van der Waals surface area contributed by atoms with Gasteiger partial charge in [0.1, 0.15) is 0 Å². The largest absolute Gasteiger partial charge is 0.381 e. The van der Waals surface area contributed by atoms with Crippen molar-refractivity contribution in [2.45, 2.75) is 38.1 Å². The zero-order valence-electron chi connectivity index (χ0n) is 21.2. The Morgan fingerprint density at radius 3 is 2.46 bits per heavy atom. The molecular formula is C31H33N3O3. The third-order valence-electron chi connectivity index (χ3n) is 8.18. The SMILES string of the molecule is Cc1cc(NC(=O)C2CCOC2)ccc1C1CCN(C2c3ccccc3NC(=O)c3ccccc32)CC1. The molecule has 2 saturated heterocycles. The van der Waals surface area contributed by atoms with Gasteiger partial charge >= 0.3 is 0 Å². The van der Waals surface area contributed by atoms with Gasteiger partial charge in [-0.15, -0.1) is 0 Å². The molecule has 0 aliphatic carbocycles. The van der Waals surface area contributed by atoms with E-state index in [1.165, 1.54) is 11.1 Å². The minimum absolute atomic E-state index is 0.0382. The van der Waals surface area contributed by atoms with Gasteiger partial charge in [0, 0.05) is 23.5 Å². The summed E-state index contributed by atoms with van der Waals surface area (Å²) in [7, 11) is 0. The van der Waals surface area contributed by atoms with Crippen LogP contribution in [-0.4, -0.2) is 43.0 Å². The van der Waals surface area contributed by atoms with Crippen LogP contribution in [0.25, 0.3) is 0 Å². The molecule has 0 spiro atoms. The number of anilines is 2. The summed E-state index contributed by atoms with van der Waals surface area (Å²) < 4.78 is 5.36. The molecule has 6 rings (SSSR count). The third kappa shape index (κ3) is 4.67. The van der Waals surface area contributed by atoms with Crippen molar-refractivity contribution < 1.29 is 14.3 Å². The molecular weight excluding hydrogens is 462 g/mol. The quantitative estimate of drug-likeness (QED) is 0.501. The first-order valence-electron chi connectivity index (χ1n) is 13.3. The maximum Gasteiger partial charge on any atom is 0.256 e. The maximum atomic E-state index is 13.0. The van der Waals surface area contributed by atoms with Gasteiger partial charge in [-0.05, 0) is 91.7 Å². The Morgan fingerprint density at radius 2 is 1.70 bits per heavy atom. The number of hydrogen-bond donors (Lipinski definition) is 2. The number of piperidine rings is 1. The number of carbonyl (C=O) groups is 2. The molecule has 2 atom stereocenters. The van der Waals surface area contributed by atoms with E-state index in [0.29, 0.717) is 19.1 Å². The molecule has 3 aliphatic heterocycles. The van der Waals surface area contributed by atoms with Crippen molar-refractivity contribution in [3.8, 4) is 0 Å². The number of hydrogen-bond acceptors (Lipinski definition) is 4. The number of benzene rings is 3. The number of rotatable bonds is 4. The average Bonchev–Trinajstić information content (AvgIpc) is 3.42. The van der Waals surface area contributed by atoms with Crippen LogP contribution in [0.5, 0.6) is 0 Å². The number of carbonyl (C=O) groups excluding carboxylic acids is 2. The third-order valence-corrected chi connectivity index (χ3v) is 8.18. The fourth-order valence-corrected chi connectivity index (χ4v) is 6.21. The lowest BCUT2D eigenvalue weighted by Gasteiger charge is -2.39. The lowest BCUT2D eigenvalue weighted by atomic mass is 9.84. The van der Waals surface area contributed by atoms with Crippen LogP contribution in [0.4, 0.5) is 11.4 Å². The lowest BCUT2D eigenvalue weighted by molar-refractivity contribution is -0.119. The fraction of sp³-hybridized carbons (Fsp3) is 0.355.